The molecule has 0 radical (unpaired) electrons. The molecule has 0 aromatic heterocycles. The summed E-state index contributed by atoms with van der Waals surface area (Å²) in [6.07, 6.45) is -0.102. The van der Waals surface area contributed by atoms with E-state index in [0.29, 0.717) is 17.9 Å². The molecule has 5 nitrogen and oxygen atoms in total. The Labute approximate surface area is 144 Å². The van der Waals surface area contributed by atoms with Gasteiger partial charge in [0.2, 0.25) is 0 Å². The van der Waals surface area contributed by atoms with Gasteiger partial charge in [-0.3, -0.25) is 4.79 Å². The van der Waals surface area contributed by atoms with E-state index in [1.807, 2.05) is 13.8 Å². The van der Waals surface area contributed by atoms with Gasteiger partial charge in [0.05, 0.1) is 0 Å². The highest BCUT2D eigenvalue weighted by Gasteiger charge is 2.29. The van der Waals surface area contributed by atoms with E-state index in [4.69, 9.17) is 14.2 Å². The van der Waals surface area contributed by atoms with Gasteiger partial charge >= 0.3 is 12.1 Å². The van der Waals surface area contributed by atoms with Crippen molar-refractivity contribution >= 4 is 34.7 Å². The van der Waals surface area contributed by atoms with Gasteiger partial charge in [-0.1, -0.05) is 29.5 Å². The number of esters is 1. The Balaban J connectivity index is 2.64. The van der Waals surface area contributed by atoms with Crippen LogP contribution < -0.4 is 9.47 Å². The molecule has 122 valence electrons. The first-order valence-corrected chi connectivity index (χ1v) is 8.03. The Morgan fingerprint density at radius 3 is 1.86 bits per heavy atom. The van der Waals surface area contributed by atoms with Crippen LogP contribution in [0.5, 0.6) is 11.5 Å². The summed E-state index contributed by atoms with van der Waals surface area (Å²) in [6, 6.07) is 6.23. The van der Waals surface area contributed by atoms with Gasteiger partial charge in [-0.25, -0.2) is 4.79 Å². The molecular weight excluding hydrogens is 399 g/mol. The van der Waals surface area contributed by atoms with Crippen molar-refractivity contribution in [2.45, 2.75) is 50.1 Å². The second-order valence-corrected chi connectivity index (χ2v) is 8.36. The van der Waals surface area contributed by atoms with Gasteiger partial charge in [0.15, 0.2) is 0 Å². The number of carbonyl (C=O) groups is 2. The molecule has 0 saturated heterocycles. The van der Waals surface area contributed by atoms with Crippen LogP contribution in [-0.2, 0) is 9.53 Å². The third-order valence-corrected chi connectivity index (χ3v) is 3.92. The summed E-state index contributed by atoms with van der Waals surface area (Å²) in [6.45, 7) is 9.00. The monoisotopic (exact) mass is 420 g/mol. The lowest BCUT2D eigenvalue weighted by atomic mass is 10.1. The van der Waals surface area contributed by atoms with Gasteiger partial charge < -0.3 is 14.2 Å². The van der Waals surface area contributed by atoms with Gasteiger partial charge in [0, 0.05) is 0 Å². The Morgan fingerprint density at radius 1 is 1.00 bits per heavy atom. The van der Waals surface area contributed by atoms with Crippen molar-refractivity contribution in [3.05, 3.63) is 24.3 Å². The smallest absolute Gasteiger partial charge is 0.428 e. The van der Waals surface area contributed by atoms with Gasteiger partial charge in [-0.2, -0.15) is 0 Å². The van der Waals surface area contributed by atoms with Crippen molar-refractivity contribution in [2.75, 3.05) is 0 Å². The molecule has 1 aromatic carbocycles. The molecule has 0 aliphatic rings. The Hall–Kier alpha value is -1.31. The van der Waals surface area contributed by atoms with Crippen molar-refractivity contribution in [1.82, 2.24) is 0 Å². The zero-order valence-corrected chi connectivity index (χ0v) is 15.6. The molecule has 0 heterocycles. The number of hydrogen-bond donors (Lipinski definition) is 0. The van der Waals surface area contributed by atoms with Crippen LogP contribution >= 0.6 is 22.6 Å². The van der Waals surface area contributed by atoms with Crippen LogP contribution in [0, 0.1) is 0 Å². The fourth-order valence-electron chi connectivity index (χ4n) is 1.30. The third-order valence-electron chi connectivity index (χ3n) is 2.71. The van der Waals surface area contributed by atoms with E-state index < -0.39 is 15.2 Å². The molecule has 0 bridgehead atoms. The van der Waals surface area contributed by atoms with Crippen molar-refractivity contribution in [3.63, 3.8) is 0 Å². The average molecular weight is 420 g/mol. The van der Waals surface area contributed by atoms with E-state index in [0.717, 1.165) is 0 Å². The molecule has 1 aromatic rings. The van der Waals surface area contributed by atoms with Gasteiger partial charge in [-0.15, -0.1) is 0 Å². The second kappa shape index (κ2) is 7.30. The number of hydrogen-bond acceptors (Lipinski definition) is 5. The molecule has 0 aliphatic heterocycles. The van der Waals surface area contributed by atoms with Crippen molar-refractivity contribution in [3.8, 4) is 11.5 Å². The van der Waals surface area contributed by atoms with Crippen molar-refractivity contribution in [2.24, 2.45) is 0 Å². The molecule has 0 aliphatic carbocycles. The van der Waals surface area contributed by atoms with Crippen LogP contribution in [0.1, 0.15) is 41.0 Å². The SMILES string of the molecule is CCC(C)(I)C(=O)Oc1ccc(OC(=O)OC(C)(C)C)cc1. The lowest BCUT2D eigenvalue weighted by molar-refractivity contribution is -0.136. The Kier molecular flexibility index (Phi) is 6.22. The van der Waals surface area contributed by atoms with E-state index in [2.05, 4.69) is 22.6 Å². The number of halogens is 1. The Bertz CT molecular complexity index is 528. The van der Waals surface area contributed by atoms with Crippen LogP contribution in [0.3, 0.4) is 0 Å². The Morgan fingerprint density at radius 2 is 1.45 bits per heavy atom. The lowest BCUT2D eigenvalue weighted by Gasteiger charge is -2.19. The highest BCUT2D eigenvalue weighted by molar-refractivity contribution is 14.1. The predicted octanol–water partition coefficient (Wildman–Crippen LogP) is 4.51. The van der Waals surface area contributed by atoms with E-state index >= 15 is 0 Å². The van der Waals surface area contributed by atoms with Crippen LogP contribution in [-0.4, -0.2) is 21.1 Å². The fourth-order valence-corrected chi connectivity index (χ4v) is 1.41. The quantitative estimate of drug-likeness (QED) is 0.236. The number of rotatable bonds is 4. The molecule has 1 unspecified atom stereocenters. The van der Waals surface area contributed by atoms with E-state index in [1.165, 1.54) is 0 Å². The molecule has 22 heavy (non-hydrogen) atoms. The van der Waals surface area contributed by atoms with Crippen LogP contribution in [0.25, 0.3) is 0 Å². The summed E-state index contributed by atoms with van der Waals surface area (Å²) in [4.78, 5) is 23.5. The number of benzene rings is 1. The molecule has 1 atom stereocenters. The second-order valence-electron chi connectivity index (χ2n) is 5.98. The maximum atomic E-state index is 11.9. The zero-order valence-electron chi connectivity index (χ0n) is 13.4. The number of carbonyl (C=O) groups excluding carboxylic acids is 2. The first kappa shape index (κ1) is 18.7. The van der Waals surface area contributed by atoms with E-state index in [9.17, 15) is 9.59 Å². The number of alkyl halides is 1. The lowest BCUT2D eigenvalue weighted by Crippen LogP contribution is -2.31. The maximum Gasteiger partial charge on any atom is 0.514 e. The largest absolute Gasteiger partial charge is 0.514 e. The van der Waals surface area contributed by atoms with Crippen LogP contribution in [0.4, 0.5) is 4.79 Å². The summed E-state index contributed by atoms with van der Waals surface area (Å²) in [5, 5.41) is 0. The molecule has 0 saturated carbocycles. The molecule has 0 N–H and O–H groups in total. The molecule has 0 amide bonds. The summed E-state index contributed by atoms with van der Waals surface area (Å²) < 4.78 is 14.8. The minimum atomic E-state index is -0.775. The number of ether oxygens (including phenoxy) is 3. The molecule has 0 spiro atoms. The molecular formula is C16H21IO5. The van der Waals surface area contributed by atoms with Gasteiger partial charge in [0.25, 0.3) is 0 Å². The standard InChI is InChI=1S/C16H21IO5/c1-6-16(5,17)13(18)20-11-7-9-12(10-8-11)21-14(19)22-15(2,3)4/h7-10H,6H2,1-5H3. The van der Waals surface area contributed by atoms with E-state index in [-0.39, 0.29) is 5.97 Å². The van der Waals surface area contributed by atoms with Gasteiger partial charge in [-0.05, 0) is 58.4 Å². The first-order chi connectivity index (χ1) is 10.0. The fraction of sp³-hybridized carbons (Fsp3) is 0.500. The average Bonchev–Trinajstić information content (AvgIpc) is 2.38. The highest BCUT2D eigenvalue weighted by Crippen LogP contribution is 2.26. The van der Waals surface area contributed by atoms with Crippen LogP contribution in [0.15, 0.2) is 24.3 Å². The van der Waals surface area contributed by atoms with E-state index in [1.54, 1.807) is 45.0 Å². The minimum Gasteiger partial charge on any atom is -0.428 e. The minimum absolute atomic E-state index is 0.309. The highest BCUT2D eigenvalue weighted by atomic mass is 127. The molecule has 0 fully saturated rings. The van der Waals surface area contributed by atoms with Gasteiger partial charge in [0.1, 0.15) is 20.5 Å². The molecule has 6 heteroatoms. The third kappa shape index (κ3) is 6.21. The summed E-state index contributed by atoms with van der Waals surface area (Å²) in [7, 11) is 0. The zero-order chi connectivity index (χ0) is 17.0. The normalized spacial score (nSPS) is 13.9. The maximum absolute atomic E-state index is 11.9. The predicted molar refractivity (Wildman–Crippen MR) is 91.7 cm³/mol. The van der Waals surface area contributed by atoms with Crippen molar-refractivity contribution < 1.29 is 23.8 Å². The topological polar surface area (TPSA) is 61.8 Å². The summed E-state index contributed by atoms with van der Waals surface area (Å²) in [5.74, 6) is 0.413. The van der Waals surface area contributed by atoms with Crippen LogP contribution in [0.2, 0.25) is 0 Å². The molecule has 1 rings (SSSR count). The summed E-state index contributed by atoms with van der Waals surface area (Å²) >= 11 is 2.07. The first-order valence-electron chi connectivity index (χ1n) is 6.95. The van der Waals surface area contributed by atoms with Crippen molar-refractivity contribution in [1.29, 1.82) is 0 Å². The summed E-state index contributed by atoms with van der Waals surface area (Å²) in [5.41, 5.74) is -0.614.